The van der Waals surface area contributed by atoms with E-state index in [1.165, 1.54) is 13.2 Å². The van der Waals surface area contributed by atoms with Gasteiger partial charge in [0.2, 0.25) is 0 Å². The van der Waals surface area contributed by atoms with Crippen LogP contribution >= 0.6 is 0 Å². The molecule has 0 unspecified atom stereocenters. The van der Waals surface area contributed by atoms with Crippen molar-refractivity contribution in [2.45, 2.75) is 26.7 Å². The minimum atomic E-state index is -0.375. The number of rotatable bonds is 1. The van der Waals surface area contributed by atoms with Gasteiger partial charge in [-0.05, 0) is 18.3 Å². The molecule has 0 spiro atoms. The molecule has 1 N–H and O–H groups in total. The summed E-state index contributed by atoms with van der Waals surface area (Å²) < 4.78 is 5.11. The standard InChI is InChI=1S/C12H16O3/c1-12(2)5-4-7-9(15-3)6-8(13)10(12)11(7)14/h6,10,14H,4-5H2,1-3H3/t10-/m1/s1. The van der Waals surface area contributed by atoms with Crippen LogP contribution in [0.5, 0.6) is 0 Å². The fourth-order valence-electron chi connectivity index (χ4n) is 2.51. The number of aliphatic hydroxyl groups excluding tert-OH is 1. The molecule has 0 radical (unpaired) electrons. The van der Waals surface area contributed by atoms with Crippen LogP contribution < -0.4 is 0 Å². The molecular weight excluding hydrogens is 192 g/mol. The molecule has 82 valence electrons. The Hall–Kier alpha value is -1.25. The first-order valence-corrected chi connectivity index (χ1v) is 5.19. The van der Waals surface area contributed by atoms with Gasteiger partial charge in [0.05, 0.1) is 13.0 Å². The summed E-state index contributed by atoms with van der Waals surface area (Å²) in [6.07, 6.45) is 3.20. The molecule has 0 fully saturated rings. The first kappa shape index (κ1) is 10.3. The maximum absolute atomic E-state index is 11.8. The van der Waals surface area contributed by atoms with Crippen LogP contribution in [0, 0.1) is 11.3 Å². The Morgan fingerprint density at radius 2 is 2.20 bits per heavy atom. The van der Waals surface area contributed by atoms with E-state index in [1.807, 2.05) is 13.8 Å². The lowest BCUT2D eigenvalue weighted by Gasteiger charge is -2.40. The van der Waals surface area contributed by atoms with Crippen LogP contribution in [0.2, 0.25) is 0 Å². The lowest BCUT2D eigenvalue weighted by Crippen LogP contribution is -2.38. The first-order valence-electron chi connectivity index (χ1n) is 5.19. The van der Waals surface area contributed by atoms with E-state index < -0.39 is 0 Å². The third-order valence-electron chi connectivity index (χ3n) is 3.46. The highest BCUT2D eigenvalue weighted by Crippen LogP contribution is 2.47. The second-order valence-electron chi connectivity index (χ2n) is 4.90. The largest absolute Gasteiger partial charge is 0.511 e. The fourth-order valence-corrected chi connectivity index (χ4v) is 2.51. The fraction of sp³-hybridized carbons (Fsp3) is 0.583. The van der Waals surface area contributed by atoms with Gasteiger partial charge in [0.15, 0.2) is 5.78 Å². The number of ether oxygens (including phenoxy) is 1. The zero-order chi connectivity index (χ0) is 11.2. The molecule has 15 heavy (non-hydrogen) atoms. The van der Waals surface area contributed by atoms with E-state index >= 15 is 0 Å². The van der Waals surface area contributed by atoms with E-state index in [0.29, 0.717) is 5.76 Å². The number of carbonyl (C=O) groups excluding carboxylic acids is 1. The molecule has 0 heterocycles. The molecule has 1 atom stereocenters. The van der Waals surface area contributed by atoms with Crippen LogP contribution in [0.15, 0.2) is 23.2 Å². The summed E-state index contributed by atoms with van der Waals surface area (Å²) in [5, 5.41) is 10.0. The average Bonchev–Trinajstić information content (AvgIpc) is 2.13. The van der Waals surface area contributed by atoms with E-state index in [-0.39, 0.29) is 22.9 Å². The molecule has 0 aromatic heterocycles. The Balaban J connectivity index is 2.50. The van der Waals surface area contributed by atoms with Crippen LogP contribution in [0.3, 0.4) is 0 Å². The van der Waals surface area contributed by atoms with Gasteiger partial charge in [-0.15, -0.1) is 0 Å². The molecule has 2 bridgehead atoms. The van der Waals surface area contributed by atoms with Crippen molar-refractivity contribution < 1.29 is 14.6 Å². The average molecular weight is 208 g/mol. The minimum absolute atomic E-state index is 0.0437. The Morgan fingerprint density at radius 1 is 1.53 bits per heavy atom. The number of ketones is 1. The molecule has 2 rings (SSSR count). The molecule has 3 heteroatoms. The van der Waals surface area contributed by atoms with Crippen molar-refractivity contribution in [3.8, 4) is 0 Å². The number of hydrogen-bond acceptors (Lipinski definition) is 3. The first-order chi connectivity index (χ1) is 6.97. The van der Waals surface area contributed by atoms with Crippen LogP contribution in [0.1, 0.15) is 26.7 Å². The van der Waals surface area contributed by atoms with Gasteiger partial charge in [-0.3, -0.25) is 4.79 Å². The summed E-state index contributed by atoms with van der Waals surface area (Å²) in [6, 6.07) is 0. The topological polar surface area (TPSA) is 46.5 Å². The van der Waals surface area contributed by atoms with Crippen LogP contribution in [-0.2, 0) is 9.53 Å². The van der Waals surface area contributed by atoms with Gasteiger partial charge >= 0.3 is 0 Å². The smallest absolute Gasteiger partial charge is 0.170 e. The zero-order valence-electron chi connectivity index (χ0n) is 9.33. The van der Waals surface area contributed by atoms with Crippen LogP contribution in [0.25, 0.3) is 0 Å². The van der Waals surface area contributed by atoms with E-state index in [2.05, 4.69) is 0 Å². The third kappa shape index (κ3) is 1.37. The van der Waals surface area contributed by atoms with Gasteiger partial charge in [-0.1, -0.05) is 13.8 Å². The molecule has 2 aliphatic rings. The highest BCUT2D eigenvalue weighted by atomic mass is 16.5. The van der Waals surface area contributed by atoms with Crippen molar-refractivity contribution in [2.24, 2.45) is 11.3 Å². The predicted molar refractivity (Wildman–Crippen MR) is 56.3 cm³/mol. The summed E-state index contributed by atoms with van der Waals surface area (Å²) in [4.78, 5) is 11.8. The van der Waals surface area contributed by atoms with E-state index in [1.54, 1.807) is 0 Å². The van der Waals surface area contributed by atoms with Crippen molar-refractivity contribution in [3.63, 3.8) is 0 Å². The Bertz CT molecular complexity index is 374. The Labute approximate surface area is 89.4 Å². The molecule has 0 amide bonds. The van der Waals surface area contributed by atoms with Crippen molar-refractivity contribution >= 4 is 5.78 Å². The Morgan fingerprint density at radius 3 is 2.80 bits per heavy atom. The lowest BCUT2D eigenvalue weighted by molar-refractivity contribution is -0.122. The summed E-state index contributed by atoms with van der Waals surface area (Å²) >= 11 is 0. The van der Waals surface area contributed by atoms with Gasteiger partial charge in [0, 0.05) is 11.6 Å². The number of allylic oxidation sites excluding steroid dienone is 3. The monoisotopic (exact) mass is 208 g/mol. The summed E-state index contributed by atoms with van der Waals surface area (Å²) in [5.41, 5.74) is 0.655. The predicted octanol–water partition coefficient (Wildman–Crippen LogP) is 2.35. The number of methoxy groups -OCH3 is 1. The minimum Gasteiger partial charge on any atom is -0.511 e. The Kier molecular flexibility index (Phi) is 2.14. The lowest BCUT2D eigenvalue weighted by atomic mass is 9.65. The summed E-state index contributed by atoms with van der Waals surface area (Å²) in [5.74, 6) is 0.331. The zero-order valence-corrected chi connectivity index (χ0v) is 9.33. The van der Waals surface area contributed by atoms with E-state index in [4.69, 9.17) is 4.74 Å². The number of aliphatic hydroxyl groups is 1. The van der Waals surface area contributed by atoms with E-state index in [9.17, 15) is 9.90 Å². The van der Waals surface area contributed by atoms with Gasteiger partial charge in [0.25, 0.3) is 0 Å². The van der Waals surface area contributed by atoms with Crippen molar-refractivity contribution in [1.82, 2.24) is 0 Å². The highest BCUT2D eigenvalue weighted by molar-refractivity contribution is 5.97. The molecule has 0 saturated heterocycles. The second kappa shape index (κ2) is 3.12. The molecule has 0 aromatic rings. The van der Waals surface area contributed by atoms with Crippen LogP contribution in [-0.4, -0.2) is 18.0 Å². The molecule has 0 aromatic carbocycles. The maximum Gasteiger partial charge on any atom is 0.170 e. The van der Waals surface area contributed by atoms with Gasteiger partial charge < -0.3 is 9.84 Å². The van der Waals surface area contributed by atoms with Gasteiger partial charge in [-0.25, -0.2) is 0 Å². The number of hydrogen-bond donors (Lipinski definition) is 1. The summed E-state index contributed by atoms with van der Waals surface area (Å²) in [7, 11) is 1.53. The molecular formula is C12H16O3. The highest BCUT2D eigenvalue weighted by Gasteiger charge is 2.45. The van der Waals surface area contributed by atoms with Gasteiger partial charge in [-0.2, -0.15) is 0 Å². The quantitative estimate of drug-likeness (QED) is 0.719. The molecule has 2 aliphatic carbocycles. The second-order valence-corrected chi connectivity index (χ2v) is 4.90. The number of carbonyl (C=O) groups is 1. The van der Waals surface area contributed by atoms with E-state index in [0.717, 1.165) is 18.4 Å². The maximum atomic E-state index is 11.8. The van der Waals surface area contributed by atoms with Crippen molar-refractivity contribution in [2.75, 3.05) is 7.11 Å². The molecule has 0 aliphatic heterocycles. The van der Waals surface area contributed by atoms with Gasteiger partial charge in [0.1, 0.15) is 11.5 Å². The van der Waals surface area contributed by atoms with Crippen molar-refractivity contribution in [3.05, 3.63) is 23.2 Å². The molecule has 0 saturated carbocycles. The third-order valence-corrected chi connectivity index (χ3v) is 3.46. The number of fused-ring (bicyclic) bond motifs is 1. The van der Waals surface area contributed by atoms with Crippen molar-refractivity contribution in [1.29, 1.82) is 0 Å². The summed E-state index contributed by atoms with van der Waals surface area (Å²) in [6.45, 7) is 4.04. The van der Waals surface area contributed by atoms with Crippen LogP contribution in [0.4, 0.5) is 0 Å². The SMILES string of the molecule is COC1=CC(=O)[C@@H]2C(O)=C1CCC2(C)C. The molecule has 3 nitrogen and oxygen atoms in total. The normalized spacial score (nSPS) is 28.9.